The van der Waals surface area contributed by atoms with Gasteiger partial charge in [0, 0.05) is 6.54 Å². The molecule has 0 saturated heterocycles. The van der Waals surface area contributed by atoms with Gasteiger partial charge in [0.2, 0.25) is 0 Å². The highest BCUT2D eigenvalue weighted by atomic mass is 16.4. The normalized spacial score (nSPS) is 16.6. The summed E-state index contributed by atoms with van der Waals surface area (Å²) in [4.78, 5) is 29.6. The van der Waals surface area contributed by atoms with Crippen molar-refractivity contribution in [2.45, 2.75) is 38.6 Å². The number of nitrogens with one attached hydrogen (secondary N) is 3. The van der Waals surface area contributed by atoms with E-state index in [1.54, 1.807) is 0 Å². The number of aromatic carboxylic acids is 1. The number of rotatable bonds is 5. The summed E-state index contributed by atoms with van der Waals surface area (Å²) in [6, 6.07) is -0.244. The lowest BCUT2D eigenvalue weighted by Crippen LogP contribution is -2.54. The van der Waals surface area contributed by atoms with E-state index < -0.39 is 11.5 Å². The largest absolute Gasteiger partial charge is 0.477 e. The monoisotopic (exact) mass is 280 g/mol. The molecule has 0 aromatic carbocycles. The van der Waals surface area contributed by atoms with Gasteiger partial charge in [0.1, 0.15) is 11.5 Å². The molecule has 1 saturated carbocycles. The summed E-state index contributed by atoms with van der Waals surface area (Å²) in [6.45, 7) is 4.64. The van der Waals surface area contributed by atoms with Crippen LogP contribution in [0, 0.1) is 5.92 Å². The van der Waals surface area contributed by atoms with Gasteiger partial charge < -0.3 is 20.7 Å². The molecule has 0 bridgehead atoms. The van der Waals surface area contributed by atoms with E-state index in [9.17, 15) is 9.59 Å². The average Bonchev–Trinajstić information content (AvgIpc) is 2.81. The van der Waals surface area contributed by atoms with Crippen LogP contribution in [-0.2, 0) is 5.54 Å². The molecule has 0 atom stereocenters. The van der Waals surface area contributed by atoms with Crippen LogP contribution in [0.2, 0.25) is 0 Å². The topological polar surface area (TPSA) is 107 Å². The van der Waals surface area contributed by atoms with E-state index in [4.69, 9.17) is 5.11 Å². The van der Waals surface area contributed by atoms with E-state index in [1.807, 2.05) is 13.8 Å². The minimum Gasteiger partial charge on any atom is -0.477 e. The highest BCUT2D eigenvalue weighted by molar-refractivity contribution is 5.85. The van der Waals surface area contributed by atoms with Gasteiger partial charge in [-0.15, -0.1) is 0 Å². The molecule has 110 valence electrons. The van der Waals surface area contributed by atoms with E-state index in [0.717, 1.165) is 19.3 Å². The molecular formula is C13H20N4O3. The number of nitrogens with zero attached hydrogens (tertiary/aromatic N) is 1. The molecule has 1 aromatic rings. The first-order chi connectivity index (χ1) is 9.43. The van der Waals surface area contributed by atoms with Gasteiger partial charge in [0.05, 0.1) is 11.7 Å². The highest BCUT2D eigenvalue weighted by Gasteiger charge is 2.43. The highest BCUT2D eigenvalue weighted by Crippen LogP contribution is 2.39. The molecule has 4 N–H and O–H groups in total. The Balaban J connectivity index is 2.05. The molecule has 1 heterocycles. The zero-order chi connectivity index (χ0) is 14.8. The van der Waals surface area contributed by atoms with Crippen LogP contribution in [0.1, 0.15) is 49.4 Å². The molecule has 0 unspecified atom stereocenters. The molecule has 0 spiro atoms. The van der Waals surface area contributed by atoms with Crippen molar-refractivity contribution in [2.24, 2.45) is 5.92 Å². The van der Waals surface area contributed by atoms with Crippen molar-refractivity contribution < 1.29 is 14.7 Å². The Hall–Kier alpha value is -2.05. The number of carboxylic acid groups (broad SMARTS) is 1. The van der Waals surface area contributed by atoms with E-state index in [2.05, 4.69) is 20.6 Å². The number of urea groups is 1. The van der Waals surface area contributed by atoms with Crippen LogP contribution in [0.3, 0.4) is 0 Å². The van der Waals surface area contributed by atoms with Gasteiger partial charge in [-0.1, -0.05) is 13.8 Å². The molecule has 20 heavy (non-hydrogen) atoms. The van der Waals surface area contributed by atoms with Gasteiger partial charge in [-0.25, -0.2) is 14.6 Å². The first-order valence-electron chi connectivity index (χ1n) is 6.78. The number of imidazole rings is 1. The lowest BCUT2D eigenvalue weighted by atomic mass is 9.76. The van der Waals surface area contributed by atoms with Gasteiger partial charge in [-0.2, -0.15) is 0 Å². The quantitative estimate of drug-likeness (QED) is 0.654. The zero-order valence-corrected chi connectivity index (χ0v) is 11.7. The number of hydrogen-bond acceptors (Lipinski definition) is 3. The molecule has 7 nitrogen and oxygen atoms in total. The second kappa shape index (κ2) is 5.52. The van der Waals surface area contributed by atoms with Crippen LogP contribution in [-0.4, -0.2) is 33.6 Å². The molecule has 1 aromatic heterocycles. The van der Waals surface area contributed by atoms with Crippen LogP contribution in [0.25, 0.3) is 0 Å². The summed E-state index contributed by atoms with van der Waals surface area (Å²) in [5, 5.41) is 14.6. The van der Waals surface area contributed by atoms with E-state index >= 15 is 0 Å². The second-order valence-corrected chi connectivity index (χ2v) is 5.62. The van der Waals surface area contributed by atoms with Gasteiger partial charge >= 0.3 is 12.0 Å². The number of H-pyrrole nitrogens is 1. The third kappa shape index (κ3) is 2.92. The van der Waals surface area contributed by atoms with Crippen LogP contribution in [0.15, 0.2) is 6.20 Å². The molecule has 2 rings (SSSR count). The molecular weight excluding hydrogens is 260 g/mol. The molecule has 1 aliphatic rings. The maximum atomic E-state index is 11.9. The SMILES string of the molecule is CC(C)CNC(=O)NC1(c2ncc(C(=O)O)[nH]2)CCC1. The molecule has 7 heteroatoms. The Bertz CT molecular complexity index is 505. The van der Waals surface area contributed by atoms with Crippen LogP contribution >= 0.6 is 0 Å². The van der Waals surface area contributed by atoms with Crippen molar-refractivity contribution in [1.82, 2.24) is 20.6 Å². The Morgan fingerprint density at radius 3 is 2.65 bits per heavy atom. The minimum absolute atomic E-state index is 0.0377. The maximum absolute atomic E-state index is 11.9. The maximum Gasteiger partial charge on any atom is 0.353 e. The second-order valence-electron chi connectivity index (χ2n) is 5.62. The molecule has 1 aliphatic carbocycles. The third-order valence-corrected chi connectivity index (χ3v) is 3.49. The Morgan fingerprint density at radius 2 is 2.20 bits per heavy atom. The zero-order valence-electron chi connectivity index (χ0n) is 11.7. The number of aromatic nitrogens is 2. The van der Waals surface area contributed by atoms with E-state index in [0.29, 0.717) is 18.3 Å². The summed E-state index contributed by atoms with van der Waals surface area (Å²) in [5.74, 6) is -0.163. The van der Waals surface area contributed by atoms with Crippen molar-refractivity contribution in [2.75, 3.05) is 6.54 Å². The number of carboxylic acids is 1. The van der Waals surface area contributed by atoms with Gasteiger partial charge in [0.25, 0.3) is 0 Å². The summed E-state index contributed by atoms with van der Waals surface area (Å²) >= 11 is 0. The van der Waals surface area contributed by atoms with Crippen LogP contribution in [0.5, 0.6) is 0 Å². The van der Waals surface area contributed by atoms with Gasteiger partial charge in [-0.05, 0) is 25.2 Å². The Labute approximate surface area is 117 Å². The number of aromatic amines is 1. The molecule has 2 amide bonds. The Kier molecular flexibility index (Phi) is 3.96. The van der Waals surface area contributed by atoms with E-state index in [-0.39, 0.29) is 11.7 Å². The summed E-state index contributed by atoms with van der Waals surface area (Å²) in [5.41, 5.74) is -0.523. The fourth-order valence-electron chi connectivity index (χ4n) is 2.18. The minimum atomic E-state index is -1.05. The Morgan fingerprint density at radius 1 is 1.50 bits per heavy atom. The van der Waals surface area contributed by atoms with Crippen molar-refractivity contribution in [1.29, 1.82) is 0 Å². The molecule has 0 radical (unpaired) electrons. The standard InChI is InChI=1S/C13H20N4O3/c1-8(2)6-15-12(20)17-13(4-3-5-13)11-14-7-9(16-11)10(18)19/h7-8H,3-6H2,1-2H3,(H,14,16)(H,18,19)(H2,15,17,20). The number of amides is 2. The van der Waals surface area contributed by atoms with Gasteiger partial charge in [-0.3, -0.25) is 0 Å². The first-order valence-corrected chi connectivity index (χ1v) is 6.78. The number of carbonyl (C=O) groups excluding carboxylic acids is 1. The number of hydrogen-bond donors (Lipinski definition) is 4. The van der Waals surface area contributed by atoms with Crippen molar-refractivity contribution in [3.8, 4) is 0 Å². The van der Waals surface area contributed by atoms with Crippen molar-refractivity contribution in [3.63, 3.8) is 0 Å². The molecule has 0 aliphatic heterocycles. The summed E-state index contributed by atoms with van der Waals surface area (Å²) in [6.07, 6.45) is 3.78. The fourth-order valence-corrected chi connectivity index (χ4v) is 2.18. The van der Waals surface area contributed by atoms with Crippen LogP contribution in [0.4, 0.5) is 4.79 Å². The van der Waals surface area contributed by atoms with Crippen molar-refractivity contribution in [3.05, 3.63) is 17.7 Å². The molecule has 1 fully saturated rings. The van der Waals surface area contributed by atoms with Crippen LogP contribution < -0.4 is 10.6 Å². The third-order valence-electron chi connectivity index (χ3n) is 3.49. The lowest BCUT2D eigenvalue weighted by molar-refractivity contribution is 0.0690. The lowest BCUT2D eigenvalue weighted by Gasteiger charge is -2.40. The number of carbonyl (C=O) groups is 2. The van der Waals surface area contributed by atoms with Crippen molar-refractivity contribution >= 4 is 12.0 Å². The van der Waals surface area contributed by atoms with E-state index in [1.165, 1.54) is 6.20 Å². The summed E-state index contributed by atoms with van der Waals surface area (Å²) < 4.78 is 0. The first kappa shape index (κ1) is 14.4. The predicted molar refractivity (Wildman–Crippen MR) is 72.4 cm³/mol. The predicted octanol–water partition coefficient (Wildman–Crippen LogP) is 1.44. The summed E-state index contributed by atoms with van der Waals surface area (Å²) in [7, 11) is 0. The van der Waals surface area contributed by atoms with Gasteiger partial charge in [0.15, 0.2) is 0 Å². The average molecular weight is 280 g/mol. The smallest absolute Gasteiger partial charge is 0.353 e. The fraction of sp³-hybridized carbons (Fsp3) is 0.615.